The molecule has 0 saturated heterocycles. The zero-order valence-electron chi connectivity index (χ0n) is 11.9. The lowest BCUT2D eigenvalue weighted by Gasteiger charge is -2.11. The van der Waals surface area contributed by atoms with E-state index in [9.17, 15) is 10.1 Å². The normalized spacial score (nSPS) is 10.8. The first-order valence-electron chi connectivity index (χ1n) is 6.89. The highest BCUT2D eigenvalue weighted by atomic mass is 35.5. The number of rotatable bonds is 7. The third-order valence-corrected chi connectivity index (χ3v) is 3.60. The molecule has 0 aliphatic heterocycles. The van der Waals surface area contributed by atoms with Gasteiger partial charge in [0.1, 0.15) is 0 Å². The van der Waals surface area contributed by atoms with Crippen LogP contribution in [0.3, 0.4) is 0 Å². The van der Waals surface area contributed by atoms with Crippen molar-refractivity contribution < 1.29 is 4.92 Å². The van der Waals surface area contributed by atoms with Crippen LogP contribution in [0.4, 0.5) is 5.69 Å². The summed E-state index contributed by atoms with van der Waals surface area (Å²) in [5.41, 5.74) is 2.05. The number of hydrogen-bond donors (Lipinski definition) is 1. The number of nitrogens with zero attached hydrogens (tertiary/aromatic N) is 2. The topological polar surface area (TPSA) is 60.1 Å². The predicted molar refractivity (Wildman–Crippen MR) is 83.6 cm³/mol. The minimum absolute atomic E-state index is 0.0149. The van der Waals surface area contributed by atoms with E-state index >= 15 is 0 Å². The molecule has 6 heteroatoms. The summed E-state index contributed by atoms with van der Waals surface area (Å²) in [5.74, 6) is 0. The molecule has 0 amide bonds. The molecule has 0 bridgehead atoms. The summed E-state index contributed by atoms with van der Waals surface area (Å²) >= 11 is 6.14. The molecule has 0 aliphatic rings. The Morgan fingerprint density at radius 3 is 2.86 bits per heavy atom. The average molecular weight is 308 g/mol. The van der Waals surface area contributed by atoms with Crippen molar-refractivity contribution in [2.24, 2.45) is 0 Å². The van der Waals surface area contributed by atoms with Gasteiger partial charge in [0.15, 0.2) is 0 Å². The van der Waals surface area contributed by atoms with Crippen LogP contribution >= 0.6 is 11.6 Å². The number of halogens is 1. The Bertz CT molecular complexity index is 625. The van der Waals surface area contributed by atoms with E-state index in [-0.39, 0.29) is 5.69 Å². The quantitative estimate of drug-likeness (QED) is 0.483. The highest BCUT2D eigenvalue weighted by molar-refractivity contribution is 6.31. The second kappa shape index (κ2) is 7.24. The van der Waals surface area contributed by atoms with Crippen LogP contribution in [0.5, 0.6) is 0 Å². The van der Waals surface area contributed by atoms with E-state index in [1.807, 2.05) is 12.3 Å². The molecule has 0 spiro atoms. The highest BCUT2D eigenvalue weighted by Crippen LogP contribution is 2.23. The van der Waals surface area contributed by atoms with Gasteiger partial charge in [0.05, 0.1) is 9.95 Å². The molecular weight excluding hydrogens is 290 g/mol. The minimum atomic E-state index is -0.439. The molecule has 0 aliphatic carbocycles. The van der Waals surface area contributed by atoms with E-state index in [1.165, 1.54) is 12.1 Å². The molecular formula is C15H18ClN3O2. The van der Waals surface area contributed by atoms with Crippen LogP contribution in [0.25, 0.3) is 0 Å². The molecule has 2 aromatic rings. The third kappa shape index (κ3) is 4.06. The van der Waals surface area contributed by atoms with Gasteiger partial charge in [0.25, 0.3) is 5.69 Å². The summed E-state index contributed by atoms with van der Waals surface area (Å²) in [5, 5.41) is 14.5. The summed E-state index contributed by atoms with van der Waals surface area (Å²) in [6, 6.07) is 8.64. The first kappa shape index (κ1) is 15.5. The van der Waals surface area contributed by atoms with E-state index in [1.54, 1.807) is 6.07 Å². The van der Waals surface area contributed by atoms with Crippen molar-refractivity contribution in [2.45, 2.75) is 26.4 Å². The van der Waals surface area contributed by atoms with Gasteiger partial charge in [-0.25, -0.2) is 0 Å². The van der Waals surface area contributed by atoms with Gasteiger partial charge >= 0.3 is 0 Å². The third-order valence-electron chi connectivity index (χ3n) is 3.24. The summed E-state index contributed by atoms with van der Waals surface area (Å²) in [6.45, 7) is 4.50. The van der Waals surface area contributed by atoms with Crippen LogP contribution in [0.2, 0.25) is 5.02 Å². The fourth-order valence-electron chi connectivity index (χ4n) is 2.12. The van der Waals surface area contributed by atoms with Crippen LogP contribution in [0, 0.1) is 10.1 Å². The molecule has 0 unspecified atom stereocenters. The SMILES string of the molecule is CCCNCc1cccn1Cc1ccc([N+](=O)[O-])cc1Cl. The number of benzene rings is 1. The Morgan fingerprint density at radius 1 is 1.38 bits per heavy atom. The maximum atomic E-state index is 10.7. The number of aromatic nitrogens is 1. The van der Waals surface area contributed by atoms with Crippen LogP contribution in [-0.4, -0.2) is 16.0 Å². The number of nitro benzene ring substituents is 1. The minimum Gasteiger partial charge on any atom is -0.346 e. The van der Waals surface area contributed by atoms with Crippen molar-refractivity contribution in [3.05, 3.63) is 62.9 Å². The summed E-state index contributed by atoms with van der Waals surface area (Å²) in [6.07, 6.45) is 3.08. The Labute approximate surface area is 128 Å². The van der Waals surface area contributed by atoms with Crippen LogP contribution in [0.1, 0.15) is 24.6 Å². The van der Waals surface area contributed by atoms with Gasteiger partial charge in [0, 0.05) is 37.1 Å². The van der Waals surface area contributed by atoms with Gasteiger partial charge in [-0.3, -0.25) is 10.1 Å². The van der Waals surface area contributed by atoms with E-state index in [2.05, 4.69) is 22.9 Å². The van der Waals surface area contributed by atoms with Gasteiger partial charge in [-0.2, -0.15) is 0 Å². The monoisotopic (exact) mass is 307 g/mol. The Hall–Kier alpha value is -1.85. The lowest BCUT2D eigenvalue weighted by molar-refractivity contribution is -0.384. The molecule has 1 N–H and O–H groups in total. The maximum absolute atomic E-state index is 10.7. The first-order valence-corrected chi connectivity index (χ1v) is 7.27. The van der Waals surface area contributed by atoms with E-state index in [0.29, 0.717) is 11.6 Å². The lowest BCUT2D eigenvalue weighted by Crippen LogP contribution is -2.17. The predicted octanol–water partition coefficient (Wildman–Crippen LogP) is 3.60. The Balaban J connectivity index is 2.11. The highest BCUT2D eigenvalue weighted by Gasteiger charge is 2.10. The molecule has 0 radical (unpaired) electrons. The van der Waals surface area contributed by atoms with Gasteiger partial charge in [-0.1, -0.05) is 18.5 Å². The number of hydrogen-bond acceptors (Lipinski definition) is 3. The molecule has 1 aromatic carbocycles. The van der Waals surface area contributed by atoms with Crippen molar-refractivity contribution in [1.29, 1.82) is 0 Å². The fourth-order valence-corrected chi connectivity index (χ4v) is 2.35. The second-order valence-electron chi connectivity index (χ2n) is 4.84. The van der Waals surface area contributed by atoms with Crippen molar-refractivity contribution in [1.82, 2.24) is 9.88 Å². The van der Waals surface area contributed by atoms with Crippen molar-refractivity contribution in [3.63, 3.8) is 0 Å². The van der Waals surface area contributed by atoms with Gasteiger partial charge in [-0.05, 0) is 36.7 Å². The maximum Gasteiger partial charge on any atom is 0.270 e. The van der Waals surface area contributed by atoms with Crippen molar-refractivity contribution in [2.75, 3.05) is 6.54 Å². The molecule has 0 atom stereocenters. The number of non-ortho nitro benzene ring substituents is 1. The molecule has 1 heterocycles. The first-order chi connectivity index (χ1) is 10.1. The van der Waals surface area contributed by atoms with Gasteiger partial charge in [-0.15, -0.1) is 0 Å². The average Bonchev–Trinajstić information content (AvgIpc) is 2.88. The van der Waals surface area contributed by atoms with Crippen molar-refractivity contribution >= 4 is 17.3 Å². The summed E-state index contributed by atoms with van der Waals surface area (Å²) < 4.78 is 2.09. The molecule has 0 saturated carbocycles. The molecule has 2 rings (SSSR count). The van der Waals surface area contributed by atoms with Crippen LogP contribution < -0.4 is 5.32 Å². The zero-order chi connectivity index (χ0) is 15.2. The van der Waals surface area contributed by atoms with Crippen molar-refractivity contribution in [3.8, 4) is 0 Å². The van der Waals surface area contributed by atoms with Crippen LogP contribution in [0.15, 0.2) is 36.5 Å². The van der Waals surface area contributed by atoms with E-state index in [0.717, 1.165) is 30.8 Å². The van der Waals surface area contributed by atoms with Crippen LogP contribution in [-0.2, 0) is 13.1 Å². The molecule has 21 heavy (non-hydrogen) atoms. The smallest absolute Gasteiger partial charge is 0.270 e. The zero-order valence-corrected chi connectivity index (χ0v) is 12.6. The fraction of sp³-hybridized carbons (Fsp3) is 0.333. The van der Waals surface area contributed by atoms with Gasteiger partial charge < -0.3 is 9.88 Å². The van der Waals surface area contributed by atoms with Gasteiger partial charge in [0.2, 0.25) is 0 Å². The van der Waals surface area contributed by atoms with E-state index in [4.69, 9.17) is 11.6 Å². The number of nitro groups is 1. The molecule has 0 fully saturated rings. The lowest BCUT2D eigenvalue weighted by atomic mass is 10.2. The Kier molecular flexibility index (Phi) is 5.36. The molecule has 112 valence electrons. The summed E-state index contributed by atoms with van der Waals surface area (Å²) in [4.78, 5) is 10.3. The summed E-state index contributed by atoms with van der Waals surface area (Å²) in [7, 11) is 0. The molecule has 1 aromatic heterocycles. The van der Waals surface area contributed by atoms with E-state index < -0.39 is 4.92 Å². The molecule has 5 nitrogen and oxygen atoms in total. The second-order valence-corrected chi connectivity index (χ2v) is 5.24. The standard InChI is InChI=1S/C15H18ClN3O2/c1-2-7-17-10-14-4-3-8-18(14)11-12-5-6-13(19(20)21)9-15(12)16/h3-6,8-9,17H,2,7,10-11H2,1H3. The largest absolute Gasteiger partial charge is 0.346 e. The number of nitrogens with one attached hydrogen (secondary N) is 1. The Morgan fingerprint density at radius 2 is 2.19 bits per heavy atom.